The van der Waals surface area contributed by atoms with Crippen LogP contribution in [0.2, 0.25) is 0 Å². The van der Waals surface area contributed by atoms with E-state index >= 15 is 0 Å². The maximum Gasteiger partial charge on any atom is 0.304 e. The van der Waals surface area contributed by atoms with Gasteiger partial charge in [-0.2, -0.15) is 13.5 Å². The minimum absolute atomic E-state index is 0. The van der Waals surface area contributed by atoms with E-state index in [0.717, 1.165) is 39.0 Å². The molecule has 0 amide bonds. The highest BCUT2D eigenvalue weighted by atomic mass is 32.2. The van der Waals surface area contributed by atoms with Gasteiger partial charge >= 0.3 is 5.97 Å². The summed E-state index contributed by atoms with van der Waals surface area (Å²) in [6.45, 7) is 4.51. The molecule has 4 aromatic rings. The van der Waals surface area contributed by atoms with Gasteiger partial charge < -0.3 is 14.6 Å². The molecular formula is C32H34O6S3. The van der Waals surface area contributed by atoms with Crippen molar-refractivity contribution in [2.45, 2.75) is 39.2 Å². The lowest BCUT2D eigenvalue weighted by molar-refractivity contribution is -0.137. The molecule has 0 bridgehead atoms. The SMILES string of the molecule is CC#C[C@@H](CC(=O)O)c1ccc(OCc2ccc3scc(-c4ccc(OCCCS(C)(=O)=O)cc4C)c3c2)cc1.S. The molecule has 1 atom stereocenters. The standard InChI is InChI=1S/C32H32O6S2.H2S/c1-4-6-25(19-32(33)34)24-8-10-26(11-9-24)38-20-23-7-14-31-29(18-23)30(21-39-31)28-13-12-27(17-22(28)2)37-15-5-16-40(3,35)36;/h7-14,17-18,21,25H,5,15-16,19-20H2,1-3H3,(H,33,34);1H2/t25-;/m0./s1. The Kier molecular flexibility index (Phi) is 11.3. The lowest BCUT2D eigenvalue weighted by Crippen LogP contribution is -2.08. The number of aliphatic carboxylic acids is 1. The van der Waals surface area contributed by atoms with Crippen molar-refractivity contribution in [1.82, 2.24) is 0 Å². The molecule has 0 aliphatic carbocycles. The zero-order valence-electron chi connectivity index (χ0n) is 23.3. The van der Waals surface area contributed by atoms with Crippen LogP contribution in [0, 0.1) is 18.8 Å². The smallest absolute Gasteiger partial charge is 0.304 e. The Labute approximate surface area is 252 Å². The highest BCUT2D eigenvalue weighted by Gasteiger charge is 2.14. The average Bonchev–Trinajstić information content (AvgIpc) is 3.32. The minimum Gasteiger partial charge on any atom is -0.494 e. The first-order valence-corrected chi connectivity index (χ1v) is 15.9. The van der Waals surface area contributed by atoms with Gasteiger partial charge in [0, 0.05) is 21.9 Å². The van der Waals surface area contributed by atoms with Crippen LogP contribution in [0.3, 0.4) is 0 Å². The van der Waals surface area contributed by atoms with E-state index in [-0.39, 0.29) is 31.6 Å². The van der Waals surface area contributed by atoms with Crippen molar-refractivity contribution in [3.05, 3.63) is 82.7 Å². The molecule has 0 aliphatic rings. The molecule has 1 heterocycles. The second kappa shape index (κ2) is 14.4. The van der Waals surface area contributed by atoms with Crippen molar-refractivity contribution in [3.8, 4) is 34.5 Å². The van der Waals surface area contributed by atoms with Crippen molar-refractivity contribution in [3.63, 3.8) is 0 Å². The number of fused-ring (bicyclic) bond motifs is 1. The van der Waals surface area contributed by atoms with Crippen molar-refractivity contribution in [1.29, 1.82) is 0 Å². The number of hydrogen-bond donors (Lipinski definition) is 1. The summed E-state index contributed by atoms with van der Waals surface area (Å²) in [6, 6.07) is 19.7. The van der Waals surface area contributed by atoms with E-state index in [1.807, 2.05) is 49.4 Å². The van der Waals surface area contributed by atoms with E-state index in [9.17, 15) is 13.2 Å². The van der Waals surface area contributed by atoms with Crippen LogP contribution < -0.4 is 9.47 Å². The van der Waals surface area contributed by atoms with E-state index in [1.54, 1.807) is 18.3 Å². The number of carbonyl (C=O) groups is 1. The number of hydrogen-bond acceptors (Lipinski definition) is 6. The topological polar surface area (TPSA) is 89.9 Å². The van der Waals surface area contributed by atoms with E-state index in [1.165, 1.54) is 11.0 Å². The quantitative estimate of drug-likeness (QED) is 0.138. The highest BCUT2D eigenvalue weighted by molar-refractivity contribution is 7.90. The second-order valence-electron chi connectivity index (χ2n) is 9.69. The van der Waals surface area contributed by atoms with Crippen LogP contribution in [-0.2, 0) is 21.2 Å². The van der Waals surface area contributed by atoms with Crippen molar-refractivity contribution < 1.29 is 27.8 Å². The van der Waals surface area contributed by atoms with Crippen LogP contribution >= 0.6 is 24.8 Å². The molecule has 1 N–H and O–H groups in total. The Bertz CT molecular complexity index is 1660. The van der Waals surface area contributed by atoms with E-state index in [4.69, 9.17) is 14.6 Å². The average molecular weight is 611 g/mol. The van der Waals surface area contributed by atoms with Gasteiger partial charge in [0.15, 0.2) is 0 Å². The Hall–Kier alpha value is -3.45. The number of benzene rings is 3. The van der Waals surface area contributed by atoms with Gasteiger partial charge in [-0.15, -0.1) is 17.3 Å². The molecular weight excluding hydrogens is 577 g/mol. The molecule has 6 nitrogen and oxygen atoms in total. The zero-order chi connectivity index (χ0) is 28.7. The molecule has 0 spiro atoms. The highest BCUT2D eigenvalue weighted by Crippen LogP contribution is 2.37. The molecule has 0 aliphatic heterocycles. The third kappa shape index (κ3) is 9.02. The summed E-state index contributed by atoms with van der Waals surface area (Å²) in [5.74, 6) is 6.10. The van der Waals surface area contributed by atoms with E-state index in [0.29, 0.717) is 25.4 Å². The Morgan fingerprint density at radius 2 is 1.73 bits per heavy atom. The van der Waals surface area contributed by atoms with Crippen molar-refractivity contribution in [2.24, 2.45) is 0 Å². The third-order valence-corrected chi connectivity index (χ3v) is 8.43. The fourth-order valence-corrected chi connectivity index (χ4v) is 6.06. The molecule has 1 aromatic heterocycles. The molecule has 41 heavy (non-hydrogen) atoms. The predicted molar refractivity (Wildman–Crippen MR) is 171 cm³/mol. The number of carboxylic acids is 1. The number of rotatable bonds is 12. The van der Waals surface area contributed by atoms with Gasteiger partial charge in [-0.25, -0.2) is 8.42 Å². The van der Waals surface area contributed by atoms with Crippen LogP contribution in [0.25, 0.3) is 21.2 Å². The van der Waals surface area contributed by atoms with Crippen LogP contribution in [0.1, 0.15) is 42.4 Å². The van der Waals surface area contributed by atoms with Crippen LogP contribution in [0.15, 0.2) is 66.0 Å². The molecule has 0 saturated heterocycles. The molecule has 4 rings (SSSR count). The van der Waals surface area contributed by atoms with Crippen LogP contribution in [0.4, 0.5) is 0 Å². The lowest BCUT2D eigenvalue weighted by atomic mass is 9.96. The summed E-state index contributed by atoms with van der Waals surface area (Å²) in [5.41, 5.74) is 5.24. The fraction of sp³-hybridized carbons (Fsp3) is 0.281. The number of carboxylic acid groups (broad SMARTS) is 1. The number of aryl methyl sites for hydroxylation is 1. The lowest BCUT2D eigenvalue weighted by Gasteiger charge is -2.12. The van der Waals surface area contributed by atoms with E-state index in [2.05, 4.69) is 35.4 Å². The van der Waals surface area contributed by atoms with Crippen molar-refractivity contribution in [2.75, 3.05) is 18.6 Å². The van der Waals surface area contributed by atoms with Crippen LogP contribution in [0.5, 0.6) is 11.5 Å². The van der Waals surface area contributed by atoms with Crippen LogP contribution in [-0.4, -0.2) is 38.1 Å². The fourth-order valence-electron chi connectivity index (χ4n) is 4.48. The molecule has 3 aromatic carbocycles. The molecule has 0 fully saturated rings. The van der Waals surface area contributed by atoms with Gasteiger partial charge in [0.1, 0.15) is 27.9 Å². The maximum absolute atomic E-state index is 11.3. The first-order valence-electron chi connectivity index (χ1n) is 12.9. The summed E-state index contributed by atoms with van der Waals surface area (Å²) in [4.78, 5) is 11.2. The van der Waals surface area contributed by atoms with Gasteiger partial charge in [0.25, 0.3) is 0 Å². The normalized spacial score (nSPS) is 11.7. The number of ether oxygens (including phenoxy) is 2. The summed E-state index contributed by atoms with van der Waals surface area (Å²) in [6.07, 6.45) is 1.66. The Morgan fingerprint density at radius 3 is 2.39 bits per heavy atom. The van der Waals surface area contributed by atoms with Gasteiger partial charge in [-0.05, 0) is 84.3 Å². The second-order valence-corrected chi connectivity index (χ2v) is 12.9. The van der Waals surface area contributed by atoms with Crippen molar-refractivity contribution >= 4 is 50.7 Å². The Morgan fingerprint density at radius 1 is 1.00 bits per heavy atom. The summed E-state index contributed by atoms with van der Waals surface area (Å²) < 4.78 is 35.6. The number of thiophene rings is 1. The molecule has 9 heteroatoms. The minimum atomic E-state index is -2.99. The first-order chi connectivity index (χ1) is 19.1. The first kappa shape index (κ1) is 32.1. The largest absolute Gasteiger partial charge is 0.494 e. The number of sulfone groups is 1. The molecule has 0 saturated carbocycles. The summed E-state index contributed by atoms with van der Waals surface area (Å²) in [5, 5.41) is 12.5. The predicted octanol–water partition coefficient (Wildman–Crippen LogP) is 6.96. The van der Waals surface area contributed by atoms with Gasteiger partial charge in [-0.3, -0.25) is 4.79 Å². The monoisotopic (exact) mass is 610 g/mol. The maximum atomic E-state index is 11.3. The van der Waals surface area contributed by atoms with Gasteiger partial charge in [0.2, 0.25) is 0 Å². The summed E-state index contributed by atoms with van der Waals surface area (Å²) in [7, 11) is -2.99. The molecule has 0 unspecified atom stereocenters. The van der Waals surface area contributed by atoms with Gasteiger partial charge in [-0.1, -0.05) is 30.2 Å². The Balaban J connectivity index is 0.00000462. The van der Waals surface area contributed by atoms with E-state index < -0.39 is 15.8 Å². The van der Waals surface area contributed by atoms with Gasteiger partial charge in [0.05, 0.1) is 24.7 Å². The third-order valence-electron chi connectivity index (χ3n) is 6.44. The molecule has 0 radical (unpaired) electrons. The summed E-state index contributed by atoms with van der Waals surface area (Å²) >= 11 is 1.69. The zero-order valence-corrected chi connectivity index (χ0v) is 25.9. The molecule has 216 valence electrons.